The number of nitrogens with one attached hydrogen (secondary N) is 1. The van der Waals surface area contributed by atoms with Crippen molar-refractivity contribution in [3.8, 4) is 0 Å². The monoisotopic (exact) mass is 286 g/mol. The van der Waals surface area contributed by atoms with E-state index in [1.54, 1.807) is 0 Å². The van der Waals surface area contributed by atoms with Crippen LogP contribution in [0.4, 0.5) is 15.8 Å². The fourth-order valence-corrected chi connectivity index (χ4v) is 2.75. The van der Waals surface area contributed by atoms with E-state index < -0.39 is 10.7 Å². The van der Waals surface area contributed by atoms with Crippen molar-refractivity contribution in [2.75, 3.05) is 5.32 Å². The summed E-state index contributed by atoms with van der Waals surface area (Å²) in [5.41, 5.74) is 0.0376. The minimum atomic E-state index is -0.640. The summed E-state index contributed by atoms with van der Waals surface area (Å²) in [5, 5.41) is 13.8. The van der Waals surface area contributed by atoms with E-state index in [0.717, 1.165) is 31.4 Å². The maximum Gasteiger partial charge on any atom is 0.294 e. The molecule has 2 atom stereocenters. The third-order valence-electron chi connectivity index (χ3n) is 3.53. The molecule has 0 saturated heterocycles. The summed E-state index contributed by atoms with van der Waals surface area (Å²) in [5.74, 6) is -0.0546. The molecule has 0 amide bonds. The lowest BCUT2D eigenvalue weighted by Gasteiger charge is -2.28. The Morgan fingerprint density at radius 3 is 2.84 bits per heavy atom. The molecule has 2 rings (SSSR count). The number of halogens is 2. The first-order valence-electron chi connectivity index (χ1n) is 6.37. The molecule has 0 radical (unpaired) electrons. The lowest BCUT2D eigenvalue weighted by Crippen LogP contribution is -2.26. The Hall–Kier alpha value is -1.36. The maximum absolute atomic E-state index is 13.5. The molecule has 1 aromatic carbocycles. The third-order valence-corrected chi connectivity index (χ3v) is 3.82. The molecule has 0 spiro atoms. The number of nitrogens with zero attached hydrogens (tertiary/aromatic N) is 1. The van der Waals surface area contributed by atoms with Crippen molar-refractivity contribution >= 4 is 23.0 Å². The van der Waals surface area contributed by atoms with E-state index in [1.165, 1.54) is 6.42 Å². The van der Waals surface area contributed by atoms with Gasteiger partial charge in [-0.3, -0.25) is 10.1 Å². The molecule has 0 aliphatic heterocycles. The van der Waals surface area contributed by atoms with Gasteiger partial charge in [-0.1, -0.05) is 31.4 Å². The zero-order chi connectivity index (χ0) is 14.0. The van der Waals surface area contributed by atoms with E-state index in [1.807, 2.05) is 0 Å². The Labute approximate surface area is 116 Å². The molecule has 0 bridgehead atoms. The van der Waals surface area contributed by atoms with Crippen molar-refractivity contribution in [1.29, 1.82) is 0 Å². The molecule has 0 heterocycles. The van der Waals surface area contributed by atoms with Gasteiger partial charge in [-0.15, -0.1) is 0 Å². The fourth-order valence-electron chi connectivity index (χ4n) is 2.59. The average molecular weight is 287 g/mol. The molecule has 1 aliphatic carbocycles. The second-order valence-electron chi connectivity index (χ2n) is 5.15. The third kappa shape index (κ3) is 3.35. The molecule has 2 unspecified atom stereocenters. The van der Waals surface area contributed by atoms with Gasteiger partial charge < -0.3 is 5.32 Å². The zero-order valence-electron chi connectivity index (χ0n) is 10.7. The molecular formula is C13H16ClFN2O2. The van der Waals surface area contributed by atoms with Crippen LogP contribution < -0.4 is 5.32 Å². The summed E-state index contributed by atoms with van der Waals surface area (Å²) in [6, 6.07) is 2.33. The lowest BCUT2D eigenvalue weighted by molar-refractivity contribution is -0.384. The van der Waals surface area contributed by atoms with Crippen LogP contribution in [-0.4, -0.2) is 11.0 Å². The number of anilines is 1. The molecule has 6 heteroatoms. The highest BCUT2D eigenvalue weighted by atomic mass is 35.5. The summed E-state index contributed by atoms with van der Waals surface area (Å²) in [6.45, 7) is 2.16. The molecule has 19 heavy (non-hydrogen) atoms. The van der Waals surface area contributed by atoms with Crippen LogP contribution >= 0.6 is 11.6 Å². The van der Waals surface area contributed by atoms with E-state index in [4.69, 9.17) is 11.6 Å². The first-order valence-corrected chi connectivity index (χ1v) is 6.75. The Bertz CT molecular complexity index is 496. The standard InChI is InChI=1S/C13H16ClFN2O2/c1-8-3-2-4-9(5-8)16-12-7-11(15)10(14)6-13(12)17(18)19/h6-9,16H,2-5H2,1H3. The molecule has 4 nitrogen and oxygen atoms in total. The van der Waals surface area contributed by atoms with E-state index in [0.29, 0.717) is 5.92 Å². The zero-order valence-corrected chi connectivity index (χ0v) is 11.4. The maximum atomic E-state index is 13.5. The Morgan fingerprint density at radius 2 is 2.21 bits per heavy atom. The number of hydrogen-bond donors (Lipinski definition) is 1. The summed E-state index contributed by atoms with van der Waals surface area (Å²) in [7, 11) is 0. The smallest absolute Gasteiger partial charge is 0.294 e. The van der Waals surface area contributed by atoms with Crippen molar-refractivity contribution in [1.82, 2.24) is 0 Å². The molecular weight excluding hydrogens is 271 g/mol. The van der Waals surface area contributed by atoms with Crippen LogP contribution in [0.15, 0.2) is 12.1 Å². The van der Waals surface area contributed by atoms with Gasteiger partial charge in [0.2, 0.25) is 0 Å². The predicted molar refractivity (Wildman–Crippen MR) is 73.1 cm³/mol. The topological polar surface area (TPSA) is 55.2 Å². The van der Waals surface area contributed by atoms with E-state index in [-0.39, 0.29) is 22.4 Å². The van der Waals surface area contributed by atoms with Crippen LogP contribution in [0, 0.1) is 21.8 Å². The van der Waals surface area contributed by atoms with Crippen LogP contribution in [0.1, 0.15) is 32.6 Å². The SMILES string of the molecule is CC1CCCC(Nc2cc(F)c(Cl)cc2[N+](=O)[O-])C1. The van der Waals surface area contributed by atoms with Gasteiger partial charge in [-0.05, 0) is 18.8 Å². The quantitative estimate of drug-likeness (QED) is 0.663. The van der Waals surface area contributed by atoms with Crippen LogP contribution in [-0.2, 0) is 0 Å². The van der Waals surface area contributed by atoms with Gasteiger partial charge in [0, 0.05) is 18.2 Å². The number of hydrogen-bond acceptors (Lipinski definition) is 3. The van der Waals surface area contributed by atoms with Crippen molar-refractivity contribution in [3.63, 3.8) is 0 Å². The van der Waals surface area contributed by atoms with Crippen LogP contribution in [0.2, 0.25) is 5.02 Å². The highest BCUT2D eigenvalue weighted by molar-refractivity contribution is 6.31. The molecule has 1 saturated carbocycles. The summed E-state index contributed by atoms with van der Waals surface area (Å²) in [6.07, 6.45) is 4.16. The Morgan fingerprint density at radius 1 is 1.47 bits per heavy atom. The van der Waals surface area contributed by atoms with Gasteiger partial charge in [0.25, 0.3) is 5.69 Å². The second-order valence-corrected chi connectivity index (χ2v) is 5.56. The molecule has 1 aliphatic rings. The Kier molecular flexibility index (Phi) is 4.24. The number of rotatable bonds is 3. The van der Waals surface area contributed by atoms with Crippen LogP contribution in [0.5, 0.6) is 0 Å². The predicted octanol–water partition coefficient (Wildman–Crippen LogP) is 4.38. The number of nitro benzene ring substituents is 1. The fraction of sp³-hybridized carbons (Fsp3) is 0.538. The minimum absolute atomic E-state index is 0.156. The van der Waals surface area contributed by atoms with Gasteiger partial charge >= 0.3 is 0 Å². The van der Waals surface area contributed by atoms with Crippen molar-refractivity contribution in [2.45, 2.75) is 38.6 Å². The highest BCUT2D eigenvalue weighted by Gasteiger charge is 2.23. The summed E-state index contributed by atoms with van der Waals surface area (Å²) < 4.78 is 13.5. The highest BCUT2D eigenvalue weighted by Crippen LogP contribution is 2.33. The largest absolute Gasteiger partial charge is 0.377 e. The molecule has 0 aromatic heterocycles. The normalized spacial score (nSPS) is 23.1. The minimum Gasteiger partial charge on any atom is -0.377 e. The Balaban J connectivity index is 2.23. The van der Waals surface area contributed by atoms with Gasteiger partial charge in [-0.25, -0.2) is 4.39 Å². The van der Waals surface area contributed by atoms with Crippen LogP contribution in [0.3, 0.4) is 0 Å². The second kappa shape index (κ2) is 5.74. The van der Waals surface area contributed by atoms with Gasteiger partial charge in [-0.2, -0.15) is 0 Å². The van der Waals surface area contributed by atoms with E-state index in [9.17, 15) is 14.5 Å². The molecule has 1 aromatic rings. The summed E-state index contributed by atoms with van der Waals surface area (Å²) >= 11 is 5.59. The molecule has 104 valence electrons. The van der Waals surface area contributed by atoms with Gasteiger partial charge in [0.15, 0.2) is 0 Å². The number of benzene rings is 1. The lowest BCUT2D eigenvalue weighted by atomic mass is 9.87. The first kappa shape index (κ1) is 14.1. The van der Waals surface area contributed by atoms with Gasteiger partial charge in [0.05, 0.1) is 9.95 Å². The van der Waals surface area contributed by atoms with Crippen LogP contribution in [0.25, 0.3) is 0 Å². The first-order chi connectivity index (χ1) is 8.97. The molecule has 1 fully saturated rings. The average Bonchev–Trinajstić information content (AvgIpc) is 2.33. The van der Waals surface area contributed by atoms with E-state index >= 15 is 0 Å². The molecule has 1 N–H and O–H groups in total. The van der Waals surface area contributed by atoms with Crippen molar-refractivity contribution in [2.24, 2.45) is 5.92 Å². The summed E-state index contributed by atoms with van der Waals surface area (Å²) in [4.78, 5) is 10.4. The van der Waals surface area contributed by atoms with Crippen molar-refractivity contribution < 1.29 is 9.31 Å². The van der Waals surface area contributed by atoms with Gasteiger partial charge in [0.1, 0.15) is 11.5 Å². The van der Waals surface area contributed by atoms with Crippen molar-refractivity contribution in [3.05, 3.63) is 33.1 Å². The number of nitro groups is 1. The van der Waals surface area contributed by atoms with E-state index in [2.05, 4.69) is 12.2 Å².